The summed E-state index contributed by atoms with van der Waals surface area (Å²) in [4.78, 5) is 15.0. The number of ether oxygens (including phenoxy) is 1. The number of anilines is 1. The maximum absolute atomic E-state index is 13.3. The number of carbonyl (C=O) groups is 1. The Morgan fingerprint density at radius 2 is 2.44 bits per heavy atom. The third-order valence-corrected chi connectivity index (χ3v) is 2.01. The quantitative estimate of drug-likeness (QED) is 0.828. The Bertz CT molecular complexity index is 387. The minimum Gasteiger partial charge on any atom is -0.464 e. The van der Waals surface area contributed by atoms with Crippen molar-refractivity contribution in [3.8, 4) is 0 Å². The van der Waals surface area contributed by atoms with Gasteiger partial charge in [0.25, 0.3) is 0 Å². The Morgan fingerprint density at radius 3 is 3.00 bits per heavy atom. The summed E-state index contributed by atoms with van der Waals surface area (Å²) in [5.41, 5.74) is 0. The van der Waals surface area contributed by atoms with Crippen molar-refractivity contribution >= 4 is 23.4 Å². The van der Waals surface area contributed by atoms with Gasteiger partial charge in [0, 0.05) is 6.20 Å². The first-order valence-electron chi connectivity index (χ1n) is 4.78. The number of hydrogen-bond acceptors (Lipinski definition) is 4. The Morgan fingerprint density at radius 1 is 1.75 bits per heavy atom. The summed E-state index contributed by atoms with van der Waals surface area (Å²) in [7, 11) is 0. The van der Waals surface area contributed by atoms with Crippen LogP contribution in [0.5, 0.6) is 0 Å². The fraction of sp³-hybridized carbons (Fsp3) is 0.400. The van der Waals surface area contributed by atoms with Crippen LogP contribution in [0.1, 0.15) is 13.8 Å². The van der Waals surface area contributed by atoms with Crippen molar-refractivity contribution in [2.75, 3.05) is 11.9 Å². The van der Waals surface area contributed by atoms with E-state index in [2.05, 4.69) is 10.3 Å². The van der Waals surface area contributed by atoms with Gasteiger partial charge in [-0.3, -0.25) is 0 Å². The van der Waals surface area contributed by atoms with E-state index < -0.39 is 17.8 Å². The maximum Gasteiger partial charge on any atom is 0.328 e. The molecule has 0 aliphatic rings. The summed E-state index contributed by atoms with van der Waals surface area (Å²) in [5.74, 6) is -1.09. The molecule has 0 bridgehead atoms. The number of rotatable bonds is 4. The standard InChI is InChI=1S/C10H12ClFN2O2/c1-3-16-10(15)6(2)14-9-8(12)4-7(11)5-13-9/h4-6H,3H2,1-2H3,(H,13,14). The molecule has 1 rings (SSSR count). The largest absolute Gasteiger partial charge is 0.464 e. The number of halogens is 2. The predicted octanol–water partition coefficient (Wildman–Crippen LogP) is 2.24. The van der Waals surface area contributed by atoms with Gasteiger partial charge in [0.15, 0.2) is 11.6 Å². The molecule has 0 fully saturated rings. The third-order valence-electron chi connectivity index (χ3n) is 1.80. The lowest BCUT2D eigenvalue weighted by molar-refractivity contribution is -0.143. The highest BCUT2D eigenvalue weighted by atomic mass is 35.5. The van der Waals surface area contributed by atoms with Gasteiger partial charge < -0.3 is 10.1 Å². The topological polar surface area (TPSA) is 51.2 Å². The van der Waals surface area contributed by atoms with Crippen LogP contribution in [0, 0.1) is 5.82 Å². The van der Waals surface area contributed by atoms with E-state index in [1.54, 1.807) is 13.8 Å². The van der Waals surface area contributed by atoms with E-state index in [0.717, 1.165) is 6.07 Å². The molecule has 1 N–H and O–H groups in total. The van der Waals surface area contributed by atoms with E-state index in [0.29, 0.717) is 0 Å². The Hall–Kier alpha value is -1.36. The summed E-state index contributed by atoms with van der Waals surface area (Å²) < 4.78 is 18.1. The summed E-state index contributed by atoms with van der Waals surface area (Å²) >= 11 is 5.54. The zero-order chi connectivity index (χ0) is 12.1. The molecule has 1 atom stereocenters. The maximum atomic E-state index is 13.3. The average Bonchev–Trinajstić information content (AvgIpc) is 2.22. The molecular formula is C10H12ClFN2O2. The van der Waals surface area contributed by atoms with Crippen LogP contribution in [-0.2, 0) is 9.53 Å². The van der Waals surface area contributed by atoms with E-state index in [9.17, 15) is 9.18 Å². The molecule has 0 amide bonds. The molecule has 1 aromatic heterocycles. The third kappa shape index (κ3) is 3.34. The molecule has 1 aromatic rings. The molecule has 0 radical (unpaired) electrons. The van der Waals surface area contributed by atoms with Crippen LogP contribution in [0.25, 0.3) is 0 Å². The summed E-state index contributed by atoms with van der Waals surface area (Å²) in [5, 5.41) is 2.80. The van der Waals surface area contributed by atoms with E-state index >= 15 is 0 Å². The molecule has 16 heavy (non-hydrogen) atoms. The van der Waals surface area contributed by atoms with E-state index in [4.69, 9.17) is 16.3 Å². The van der Waals surface area contributed by atoms with Gasteiger partial charge in [0.2, 0.25) is 0 Å². The first-order chi connectivity index (χ1) is 7.54. The zero-order valence-electron chi connectivity index (χ0n) is 8.96. The van der Waals surface area contributed by atoms with Crippen LogP contribution >= 0.6 is 11.6 Å². The van der Waals surface area contributed by atoms with Gasteiger partial charge in [-0.2, -0.15) is 0 Å². The van der Waals surface area contributed by atoms with Crippen LogP contribution in [0.2, 0.25) is 5.02 Å². The fourth-order valence-electron chi connectivity index (χ4n) is 1.05. The molecule has 0 aliphatic heterocycles. The van der Waals surface area contributed by atoms with E-state index in [-0.39, 0.29) is 17.4 Å². The normalized spacial score (nSPS) is 12.0. The van der Waals surface area contributed by atoms with Gasteiger partial charge in [0.1, 0.15) is 6.04 Å². The first kappa shape index (κ1) is 12.7. The van der Waals surface area contributed by atoms with Crippen molar-refractivity contribution in [2.45, 2.75) is 19.9 Å². The number of nitrogens with zero attached hydrogens (tertiary/aromatic N) is 1. The van der Waals surface area contributed by atoms with Crippen molar-refractivity contribution in [1.29, 1.82) is 0 Å². The molecule has 1 heterocycles. The summed E-state index contributed by atoms with van der Waals surface area (Å²) in [6.45, 7) is 3.54. The molecule has 0 aliphatic carbocycles. The van der Waals surface area contributed by atoms with Gasteiger partial charge in [-0.25, -0.2) is 14.2 Å². The second-order valence-corrected chi connectivity index (χ2v) is 3.54. The Balaban J connectivity index is 2.69. The summed E-state index contributed by atoms with van der Waals surface area (Å²) in [6.07, 6.45) is 1.30. The highest BCUT2D eigenvalue weighted by molar-refractivity contribution is 6.30. The van der Waals surface area contributed by atoms with Crippen LogP contribution in [0.4, 0.5) is 10.2 Å². The number of carbonyl (C=O) groups excluding carboxylic acids is 1. The lowest BCUT2D eigenvalue weighted by Gasteiger charge is -2.13. The SMILES string of the molecule is CCOC(=O)C(C)Nc1ncc(Cl)cc1F. The number of hydrogen-bond donors (Lipinski definition) is 1. The van der Waals surface area contributed by atoms with Crippen molar-refractivity contribution in [1.82, 2.24) is 4.98 Å². The number of nitrogens with one attached hydrogen (secondary N) is 1. The number of aromatic nitrogens is 1. The van der Waals surface area contributed by atoms with Crippen molar-refractivity contribution in [3.05, 3.63) is 23.1 Å². The van der Waals surface area contributed by atoms with Crippen molar-refractivity contribution < 1.29 is 13.9 Å². The zero-order valence-corrected chi connectivity index (χ0v) is 9.71. The lowest BCUT2D eigenvalue weighted by Crippen LogP contribution is -2.29. The average molecular weight is 247 g/mol. The van der Waals surface area contributed by atoms with Gasteiger partial charge >= 0.3 is 5.97 Å². The molecule has 0 saturated carbocycles. The smallest absolute Gasteiger partial charge is 0.328 e. The molecule has 0 spiro atoms. The van der Waals surface area contributed by atoms with E-state index in [1.807, 2.05) is 0 Å². The highest BCUT2D eigenvalue weighted by Gasteiger charge is 2.16. The number of pyridine rings is 1. The minimum atomic E-state index is -0.664. The monoisotopic (exact) mass is 246 g/mol. The first-order valence-corrected chi connectivity index (χ1v) is 5.16. The summed E-state index contributed by atoms with van der Waals surface area (Å²) in [6, 6.07) is 0.456. The van der Waals surface area contributed by atoms with Gasteiger partial charge in [-0.05, 0) is 19.9 Å². The Labute approximate surface area is 97.8 Å². The molecule has 6 heteroatoms. The van der Waals surface area contributed by atoms with Gasteiger partial charge in [-0.15, -0.1) is 0 Å². The molecular weight excluding hydrogens is 235 g/mol. The van der Waals surface area contributed by atoms with Crippen LogP contribution < -0.4 is 5.32 Å². The highest BCUT2D eigenvalue weighted by Crippen LogP contribution is 2.16. The number of esters is 1. The van der Waals surface area contributed by atoms with Gasteiger partial charge in [0.05, 0.1) is 11.6 Å². The molecule has 1 unspecified atom stereocenters. The lowest BCUT2D eigenvalue weighted by atomic mass is 10.3. The second kappa shape index (κ2) is 5.65. The van der Waals surface area contributed by atoms with Crippen molar-refractivity contribution in [3.63, 3.8) is 0 Å². The van der Waals surface area contributed by atoms with E-state index in [1.165, 1.54) is 6.20 Å². The van der Waals surface area contributed by atoms with Gasteiger partial charge in [-0.1, -0.05) is 11.6 Å². The predicted molar refractivity (Wildman–Crippen MR) is 58.9 cm³/mol. The van der Waals surface area contributed by atoms with Crippen LogP contribution in [0.15, 0.2) is 12.3 Å². The van der Waals surface area contributed by atoms with Crippen LogP contribution in [-0.4, -0.2) is 23.6 Å². The molecule has 0 aromatic carbocycles. The molecule has 0 saturated heterocycles. The molecule has 4 nitrogen and oxygen atoms in total. The Kier molecular flexibility index (Phi) is 4.49. The van der Waals surface area contributed by atoms with Crippen molar-refractivity contribution in [2.24, 2.45) is 0 Å². The minimum absolute atomic E-state index is 0.0232. The second-order valence-electron chi connectivity index (χ2n) is 3.10. The molecule has 88 valence electrons. The fourth-order valence-corrected chi connectivity index (χ4v) is 1.20. The van der Waals surface area contributed by atoms with Crippen LogP contribution in [0.3, 0.4) is 0 Å².